The Bertz CT molecular complexity index is 373. The summed E-state index contributed by atoms with van der Waals surface area (Å²) in [6, 6.07) is 0. The fourth-order valence-corrected chi connectivity index (χ4v) is 3.47. The Kier molecular flexibility index (Phi) is 2.02. The number of rotatable bonds is 0. The van der Waals surface area contributed by atoms with E-state index in [2.05, 4.69) is 33.4 Å². The van der Waals surface area contributed by atoms with Crippen molar-refractivity contribution in [1.29, 1.82) is 0 Å². The molecular weight excluding hydrogens is 184 g/mol. The summed E-state index contributed by atoms with van der Waals surface area (Å²) in [6.07, 6.45) is 4.00. The second-order valence-electron chi connectivity index (χ2n) is 5.92. The van der Waals surface area contributed by atoms with E-state index >= 15 is 0 Å². The summed E-state index contributed by atoms with van der Waals surface area (Å²) in [5.74, 6) is 0.777. The van der Waals surface area contributed by atoms with E-state index < -0.39 is 0 Å². The van der Waals surface area contributed by atoms with Gasteiger partial charge >= 0.3 is 0 Å². The lowest BCUT2D eigenvalue weighted by atomic mass is 9.63. The summed E-state index contributed by atoms with van der Waals surface area (Å²) in [4.78, 5) is 12.3. The first-order chi connectivity index (χ1) is 6.80. The van der Waals surface area contributed by atoms with E-state index in [0.29, 0.717) is 11.7 Å². The number of carbonyl (C=O) groups is 1. The Morgan fingerprint density at radius 2 is 2.00 bits per heavy atom. The lowest BCUT2D eigenvalue weighted by Gasteiger charge is -2.39. The predicted octanol–water partition coefficient (Wildman–Crippen LogP) is 3.51. The lowest BCUT2D eigenvalue weighted by Crippen LogP contribution is -2.39. The van der Waals surface area contributed by atoms with Gasteiger partial charge in [0.15, 0.2) is 5.78 Å². The molecule has 0 aromatic heterocycles. The molecule has 0 saturated heterocycles. The van der Waals surface area contributed by atoms with Gasteiger partial charge in [0.2, 0.25) is 0 Å². The van der Waals surface area contributed by atoms with Crippen molar-refractivity contribution in [3.05, 3.63) is 23.8 Å². The molecule has 0 spiro atoms. The van der Waals surface area contributed by atoms with Crippen molar-refractivity contribution in [3.8, 4) is 0 Å². The third-order valence-electron chi connectivity index (χ3n) is 4.67. The Morgan fingerprint density at radius 1 is 1.40 bits per heavy atom. The van der Waals surface area contributed by atoms with Crippen molar-refractivity contribution in [2.45, 2.75) is 40.5 Å². The normalized spacial score (nSPS) is 38.9. The second-order valence-corrected chi connectivity index (χ2v) is 5.92. The van der Waals surface area contributed by atoms with Crippen LogP contribution in [0.3, 0.4) is 0 Å². The maximum absolute atomic E-state index is 12.3. The van der Waals surface area contributed by atoms with Gasteiger partial charge in [-0.3, -0.25) is 4.79 Å². The first kappa shape index (κ1) is 10.7. The highest BCUT2D eigenvalue weighted by molar-refractivity contribution is 6.01. The minimum atomic E-state index is -0.181. The summed E-state index contributed by atoms with van der Waals surface area (Å²) in [7, 11) is 0. The fraction of sp³-hybridized carbons (Fsp3) is 0.643. The zero-order chi connectivity index (χ0) is 11.4. The van der Waals surface area contributed by atoms with Gasteiger partial charge in [-0.1, -0.05) is 39.0 Å². The largest absolute Gasteiger partial charge is 0.294 e. The van der Waals surface area contributed by atoms with E-state index in [1.807, 2.05) is 6.92 Å². The lowest BCUT2D eigenvalue weighted by molar-refractivity contribution is -0.127. The average Bonchev–Trinajstić information content (AvgIpc) is 2.30. The molecule has 1 heteroatoms. The van der Waals surface area contributed by atoms with E-state index in [0.717, 1.165) is 18.4 Å². The second kappa shape index (κ2) is 2.84. The van der Waals surface area contributed by atoms with Gasteiger partial charge in [0.05, 0.1) is 0 Å². The van der Waals surface area contributed by atoms with Crippen molar-refractivity contribution >= 4 is 5.78 Å². The van der Waals surface area contributed by atoms with E-state index in [1.54, 1.807) is 0 Å². The summed E-state index contributed by atoms with van der Waals surface area (Å²) in [5, 5.41) is 0. The van der Waals surface area contributed by atoms with Gasteiger partial charge in [-0.15, -0.1) is 0 Å². The summed E-state index contributed by atoms with van der Waals surface area (Å²) in [6.45, 7) is 12.7. The van der Waals surface area contributed by atoms with Crippen molar-refractivity contribution in [2.75, 3.05) is 0 Å². The SMILES string of the molecule is C=C1C[C@]2(C)C(=O)C(C)=CC[C@H]2C1(C)C. The first-order valence-electron chi connectivity index (χ1n) is 5.70. The Balaban J connectivity index is 2.51. The van der Waals surface area contributed by atoms with Gasteiger partial charge in [0.1, 0.15) is 0 Å². The highest BCUT2D eigenvalue weighted by Gasteiger charge is 2.56. The predicted molar refractivity (Wildman–Crippen MR) is 62.5 cm³/mol. The number of ketones is 1. The van der Waals surface area contributed by atoms with Crippen molar-refractivity contribution in [3.63, 3.8) is 0 Å². The molecule has 82 valence electrons. The molecule has 0 N–H and O–H groups in total. The van der Waals surface area contributed by atoms with E-state index in [1.165, 1.54) is 5.57 Å². The Hall–Kier alpha value is -0.850. The molecule has 0 heterocycles. The van der Waals surface area contributed by atoms with Crippen LogP contribution in [0.4, 0.5) is 0 Å². The summed E-state index contributed by atoms with van der Waals surface area (Å²) < 4.78 is 0. The Labute approximate surface area is 92.3 Å². The van der Waals surface area contributed by atoms with Crippen molar-refractivity contribution < 1.29 is 4.79 Å². The number of allylic oxidation sites excluding steroid dienone is 3. The van der Waals surface area contributed by atoms with E-state index in [9.17, 15) is 4.79 Å². The molecule has 0 aromatic carbocycles. The van der Waals surface area contributed by atoms with Gasteiger partial charge in [0, 0.05) is 5.41 Å². The molecule has 1 saturated carbocycles. The van der Waals surface area contributed by atoms with E-state index in [-0.39, 0.29) is 10.8 Å². The number of carbonyl (C=O) groups excluding carboxylic acids is 1. The zero-order valence-electron chi connectivity index (χ0n) is 10.2. The van der Waals surface area contributed by atoms with Gasteiger partial charge in [-0.05, 0) is 36.7 Å². The first-order valence-corrected chi connectivity index (χ1v) is 5.70. The van der Waals surface area contributed by atoms with Crippen LogP contribution in [0.1, 0.15) is 40.5 Å². The minimum absolute atomic E-state index is 0.113. The van der Waals surface area contributed by atoms with Crippen LogP contribution in [0.2, 0.25) is 0 Å². The maximum Gasteiger partial charge on any atom is 0.164 e. The van der Waals surface area contributed by atoms with Crippen LogP contribution in [0.25, 0.3) is 0 Å². The smallest absolute Gasteiger partial charge is 0.164 e. The van der Waals surface area contributed by atoms with Crippen LogP contribution in [-0.4, -0.2) is 5.78 Å². The molecule has 0 aromatic rings. The fourth-order valence-electron chi connectivity index (χ4n) is 3.47. The molecule has 15 heavy (non-hydrogen) atoms. The van der Waals surface area contributed by atoms with Crippen molar-refractivity contribution in [2.24, 2.45) is 16.7 Å². The summed E-state index contributed by atoms with van der Waals surface area (Å²) in [5.41, 5.74) is 2.12. The third kappa shape index (κ3) is 1.18. The van der Waals surface area contributed by atoms with Crippen LogP contribution >= 0.6 is 0 Å². The molecule has 0 aliphatic heterocycles. The van der Waals surface area contributed by atoms with Crippen molar-refractivity contribution in [1.82, 2.24) is 0 Å². The van der Waals surface area contributed by atoms with Crippen LogP contribution in [0.5, 0.6) is 0 Å². The van der Waals surface area contributed by atoms with Crippen LogP contribution in [0.15, 0.2) is 23.8 Å². The van der Waals surface area contributed by atoms with Gasteiger partial charge in [-0.25, -0.2) is 0 Å². The molecule has 2 aliphatic rings. The topological polar surface area (TPSA) is 17.1 Å². The molecule has 1 fully saturated rings. The Morgan fingerprint density at radius 3 is 2.60 bits per heavy atom. The van der Waals surface area contributed by atoms with Crippen LogP contribution < -0.4 is 0 Å². The van der Waals surface area contributed by atoms with Gasteiger partial charge < -0.3 is 0 Å². The quantitative estimate of drug-likeness (QED) is 0.552. The molecular formula is C14H20O. The molecule has 2 aliphatic carbocycles. The highest BCUT2D eigenvalue weighted by Crippen LogP contribution is 2.60. The standard InChI is InChI=1S/C14H20O/c1-9-6-7-11-13(3,4)10(2)8-14(11,5)12(9)15/h6,11H,2,7-8H2,1,3-5H3/t11-,14-/m0/s1. The third-order valence-corrected chi connectivity index (χ3v) is 4.67. The number of hydrogen-bond acceptors (Lipinski definition) is 1. The molecule has 0 radical (unpaired) electrons. The number of hydrogen-bond donors (Lipinski definition) is 0. The molecule has 2 atom stereocenters. The molecule has 0 bridgehead atoms. The van der Waals surface area contributed by atoms with Gasteiger partial charge in [-0.2, -0.15) is 0 Å². The highest BCUT2D eigenvalue weighted by atomic mass is 16.1. The van der Waals surface area contributed by atoms with E-state index in [4.69, 9.17) is 0 Å². The number of fused-ring (bicyclic) bond motifs is 1. The van der Waals surface area contributed by atoms with Crippen LogP contribution in [0, 0.1) is 16.7 Å². The minimum Gasteiger partial charge on any atom is -0.294 e. The maximum atomic E-state index is 12.3. The monoisotopic (exact) mass is 204 g/mol. The molecule has 0 unspecified atom stereocenters. The average molecular weight is 204 g/mol. The molecule has 1 nitrogen and oxygen atoms in total. The molecule has 0 amide bonds. The zero-order valence-corrected chi connectivity index (χ0v) is 10.2. The van der Waals surface area contributed by atoms with Gasteiger partial charge in [0.25, 0.3) is 0 Å². The van der Waals surface area contributed by atoms with Crippen LogP contribution in [-0.2, 0) is 4.79 Å². The number of Topliss-reactive ketones (excluding diaryl/α,β-unsaturated/α-hetero) is 1. The summed E-state index contributed by atoms with van der Waals surface area (Å²) >= 11 is 0. The molecule has 2 rings (SSSR count).